The van der Waals surface area contributed by atoms with Crippen molar-refractivity contribution in [1.29, 1.82) is 0 Å². The monoisotopic (exact) mass is 297 g/mol. The molecule has 1 N–H and O–H groups in total. The van der Waals surface area contributed by atoms with Gasteiger partial charge in [-0.3, -0.25) is 4.79 Å². The van der Waals surface area contributed by atoms with E-state index in [2.05, 4.69) is 5.32 Å². The van der Waals surface area contributed by atoms with Crippen LogP contribution in [0.5, 0.6) is 0 Å². The summed E-state index contributed by atoms with van der Waals surface area (Å²) in [6.07, 6.45) is 5.18. The van der Waals surface area contributed by atoms with Crippen LogP contribution in [0.1, 0.15) is 41.6 Å². The van der Waals surface area contributed by atoms with Gasteiger partial charge in [-0.15, -0.1) is 12.4 Å². The highest BCUT2D eigenvalue weighted by atomic mass is 35.5. The van der Waals surface area contributed by atoms with E-state index < -0.39 is 0 Å². The van der Waals surface area contributed by atoms with Crippen molar-refractivity contribution in [2.75, 3.05) is 13.1 Å². The molecule has 3 rings (SSSR count). The van der Waals surface area contributed by atoms with Crippen molar-refractivity contribution in [3.63, 3.8) is 0 Å². The quantitative estimate of drug-likeness (QED) is 0.863. The Morgan fingerprint density at radius 1 is 1.20 bits per heavy atom. The number of hydrogen-bond donors (Lipinski definition) is 1. The van der Waals surface area contributed by atoms with Gasteiger partial charge in [0, 0.05) is 11.5 Å². The van der Waals surface area contributed by atoms with E-state index >= 15 is 0 Å². The van der Waals surface area contributed by atoms with E-state index in [1.165, 1.54) is 25.0 Å². The second kappa shape index (κ2) is 6.68. The lowest BCUT2D eigenvalue weighted by molar-refractivity contribution is 0.0893. The summed E-state index contributed by atoms with van der Waals surface area (Å²) in [5, 5.41) is 3.26. The van der Waals surface area contributed by atoms with Gasteiger partial charge in [0.25, 0.3) is 0 Å². The number of carbonyl (C=O) groups is 1. The van der Waals surface area contributed by atoms with E-state index in [-0.39, 0.29) is 29.9 Å². The summed E-state index contributed by atoms with van der Waals surface area (Å²) in [7, 11) is 0. The summed E-state index contributed by atoms with van der Waals surface area (Å²) in [5.74, 6) is 0.638. The Balaban J connectivity index is 0.00000147. The lowest BCUT2D eigenvalue weighted by atomic mass is 9.86. The molecule has 1 saturated carbocycles. The zero-order chi connectivity index (χ0) is 13.2. The van der Waals surface area contributed by atoms with Gasteiger partial charge in [0.2, 0.25) is 0 Å². The van der Waals surface area contributed by atoms with Crippen molar-refractivity contribution in [3.8, 4) is 0 Å². The van der Waals surface area contributed by atoms with Gasteiger partial charge in [-0.2, -0.15) is 0 Å². The summed E-state index contributed by atoms with van der Waals surface area (Å²) in [4.78, 5) is 12.6. The summed E-state index contributed by atoms with van der Waals surface area (Å²) in [5.41, 5.74) is 1.69. The fourth-order valence-corrected chi connectivity index (χ4v) is 2.89. The third-order valence-electron chi connectivity index (χ3n) is 4.25. The fraction of sp³-hybridized carbons (Fsp3) is 0.562. The molecule has 110 valence electrons. The number of benzene rings is 1. The molecule has 0 unspecified atom stereocenters. The molecule has 0 spiro atoms. The second-order valence-electron chi connectivity index (χ2n) is 5.84. The first-order valence-electron chi connectivity index (χ1n) is 7.27. The van der Waals surface area contributed by atoms with Crippen LogP contribution < -0.4 is 5.32 Å². The Morgan fingerprint density at radius 2 is 1.90 bits per heavy atom. The predicted octanol–water partition coefficient (Wildman–Crippen LogP) is 3.38. The van der Waals surface area contributed by atoms with Crippen LogP contribution in [-0.2, 0) is 6.42 Å². The van der Waals surface area contributed by atoms with Crippen molar-refractivity contribution >= 4 is 18.2 Å². The number of piperidine rings is 1. The number of hydrogen-bond acceptors (Lipinski definition) is 2. The lowest BCUT2D eigenvalue weighted by Crippen LogP contribution is -2.32. The molecule has 2 nitrogen and oxygen atoms in total. The van der Waals surface area contributed by atoms with Crippen molar-refractivity contribution in [1.82, 2.24) is 5.32 Å². The maximum atomic E-state index is 13.5. The number of nitrogens with one attached hydrogen (secondary N) is 1. The van der Waals surface area contributed by atoms with Crippen molar-refractivity contribution in [2.24, 2.45) is 11.8 Å². The van der Waals surface area contributed by atoms with Crippen LogP contribution >= 0.6 is 12.4 Å². The molecule has 0 bridgehead atoms. The highest BCUT2D eigenvalue weighted by Gasteiger charge is 2.27. The predicted molar refractivity (Wildman–Crippen MR) is 80.0 cm³/mol. The Kier molecular flexibility index (Phi) is 5.17. The Labute approximate surface area is 125 Å². The fourth-order valence-electron chi connectivity index (χ4n) is 2.89. The zero-order valence-corrected chi connectivity index (χ0v) is 12.3. The molecule has 0 radical (unpaired) electrons. The summed E-state index contributed by atoms with van der Waals surface area (Å²) < 4.78 is 13.5. The van der Waals surface area contributed by atoms with Gasteiger partial charge in [-0.1, -0.05) is 6.07 Å². The average molecular weight is 298 g/mol. The van der Waals surface area contributed by atoms with Gasteiger partial charge in [-0.05, 0) is 68.8 Å². The van der Waals surface area contributed by atoms with Crippen molar-refractivity contribution in [3.05, 3.63) is 35.1 Å². The average Bonchev–Trinajstić information content (AvgIpc) is 3.25. The molecule has 1 heterocycles. The smallest absolute Gasteiger partial charge is 0.166 e. The van der Waals surface area contributed by atoms with Crippen LogP contribution in [0.3, 0.4) is 0 Å². The molecule has 2 aliphatic rings. The maximum Gasteiger partial charge on any atom is 0.166 e. The standard InChI is InChI=1S/C16H20FNO.ClH/c17-14-4-3-13(9-11-1-2-11)15(10-14)16(19)12-5-7-18-8-6-12;/h3-4,10-12,18H,1-2,5-9H2;1H. The summed E-state index contributed by atoms with van der Waals surface area (Å²) in [6, 6.07) is 4.74. The second-order valence-corrected chi connectivity index (χ2v) is 5.84. The van der Waals surface area contributed by atoms with Crippen LogP contribution in [-0.4, -0.2) is 18.9 Å². The van der Waals surface area contributed by atoms with Gasteiger partial charge in [0.15, 0.2) is 5.78 Å². The van der Waals surface area contributed by atoms with Gasteiger partial charge in [-0.25, -0.2) is 4.39 Å². The number of ketones is 1. The van der Waals surface area contributed by atoms with Gasteiger partial charge in [0.1, 0.15) is 5.82 Å². The topological polar surface area (TPSA) is 29.1 Å². The Hall–Kier alpha value is -0.930. The molecule has 1 aromatic carbocycles. The van der Waals surface area contributed by atoms with Crippen LogP contribution in [0.2, 0.25) is 0 Å². The molecule has 1 aromatic rings. The van der Waals surface area contributed by atoms with E-state index in [1.54, 1.807) is 0 Å². The lowest BCUT2D eigenvalue weighted by Gasteiger charge is -2.22. The van der Waals surface area contributed by atoms with Crippen LogP contribution in [0, 0.1) is 17.7 Å². The molecule has 1 saturated heterocycles. The molecule has 4 heteroatoms. The highest BCUT2D eigenvalue weighted by Crippen LogP contribution is 2.34. The molecule has 20 heavy (non-hydrogen) atoms. The van der Waals surface area contributed by atoms with Crippen LogP contribution in [0.4, 0.5) is 4.39 Å². The SMILES string of the molecule is Cl.O=C(c1cc(F)ccc1CC1CC1)C1CCNCC1. The van der Waals surface area contributed by atoms with E-state index in [0.717, 1.165) is 37.9 Å². The van der Waals surface area contributed by atoms with E-state index in [0.29, 0.717) is 11.5 Å². The first kappa shape index (κ1) is 15.5. The number of carbonyl (C=O) groups excluding carboxylic acids is 1. The van der Waals surface area contributed by atoms with Crippen molar-refractivity contribution in [2.45, 2.75) is 32.1 Å². The van der Waals surface area contributed by atoms with E-state index in [4.69, 9.17) is 0 Å². The van der Waals surface area contributed by atoms with Gasteiger partial charge < -0.3 is 5.32 Å². The zero-order valence-electron chi connectivity index (χ0n) is 11.5. The van der Waals surface area contributed by atoms with Crippen LogP contribution in [0.25, 0.3) is 0 Å². The highest BCUT2D eigenvalue weighted by molar-refractivity contribution is 5.99. The molecule has 0 aromatic heterocycles. The third-order valence-corrected chi connectivity index (χ3v) is 4.25. The van der Waals surface area contributed by atoms with Gasteiger partial charge >= 0.3 is 0 Å². The number of halogens is 2. The molecule has 2 fully saturated rings. The Morgan fingerprint density at radius 3 is 2.55 bits per heavy atom. The van der Waals surface area contributed by atoms with Crippen LogP contribution in [0.15, 0.2) is 18.2 Å². The number of rotatable bonds is 4. The molecular formula is C16H21ClFNO. The summed E-state index contributed by atoms with van der Waals surface area (Å²) in [6.45, 7) is 1.79. The minimum absolute atomic E-state index is 0. The minimum atomic E-state index is -0.295. The maximum absolute atomic E-state index is 13.5. The third kappa shape index (κ3) is 3.58. The molecule has 1 aliphatic carbocycles. The molecule has 1 aliphatic heterocycles. The van der Waals surface area contributed by atoms with Gasteiger partial charge in [0.05, 0.1) is 0 Å². The minimum Gasteiger partial charge on any atom is -0.317 e. The largest absolute Gasteiger partial charge is 0.317 e. The number of Topliss-reactive ketones (excluding diaryl/α,β-unsaturated/α-hetero) is 1. The molecule has 0 amide bonds. The first-order chi connectivity index (χ1) is 9.24. The summed E-state index contributed by atoms with van der Waals surface area (Å²) >= 11 is 0. The molecular weight excluding hydrogens is 277 g/mol. The Bertz CT molecular complexity index is 481. The first-order valence-corrected chi connectivity index (χ1v) is 7.27. The molecule has 0 atom stereocenters. The van der Waals surface area contributed by atoms with Crippen molar-refractivity contribution < 1.29 is 9.18 Å². The normalized spacial score (nSPS) is 19.4. The van der Waals surface area contributed by atoms with E-state index in [1.807, 2.05) is 6.07 Å². The van der Waals surface area contributed by atoms with E-state index in [9.17, 15) is 9.18 Å².